The molecule has 0 bridgehead atoms. The summed E-state index contributed by atoms with van der Waals surface area (Å²) < 4.78 is 7.36. The molecule has 1 aliphatic rings. The Morgan fingerprint density at radius 2 is 2.32 bits per heavy atom. The number of pyridine rings is 1. The maximum atomic E-state index is 5.35. The third-order valence-electron chi connectivity index (χ3n) is 3.78. The molecule has 1 atom stereocenters. The molecule has 2 aromatic rings. The van der Waals surface area contributed by atoms with E-state index in [0.717, 1.165) is 23.4 Å². The van der Waals surface area contributed by atoms with Crippen molar-refractivity contribution in [2.45, 2.75) is 19.0 Å². The lowest BCUT2D eigenvalue weighted by Gasteiger charge is -2.37. The zero-order chi connectivity index (χ0) is 13.2. The average molecular weight is 258 g/mol. The summed E-state index contributed by atoms with van der Waals surface area (Å²) in [5, 5.41) is 4.43. The molecule has 2 aromatic heterocycles. The molecular formula is C14H18N4O. The highest BCUT2D eigenvalue weighted by molar-refractivity contribution is 5.67. The molecule has 5 nitrogen and oxygen atoms in total. The van der Waals surface area contributed by atoms with Gasteiger partial charge < -0.3 is 9.64 Å². The van der Waals surface area contributed by atoms with Crippen LogP contribution in [0.15, 0.2) is 30.9 Å². The van der Waals surface area contributed by atoms with E-state index >= 15 is 0 Å². The van der Waals surface area contributed by atoms with Gasteiger partial charge in [0.2, 0.25) is 0 Å². The van der Waals surface area contributed by atoms with E-state index in [-0.39, 0.29) is 0 Å². The van der Waals surface area contributed by atoms with Crippen LogP contribution < -0.4 is 4.74 Å². The first kappa shape index (κ1) is 12.2. The summed E-state index contributed by atoms with van der Waals surface area (Å²) in [7, 11) is 3.83. The monoisotopic (exact) mass is 258 g/mol. The van der Waals surface area contributed by atoms with Gasteiger partial charge in [0.1, 0.15) is 5.75 Å². The maximum Gasteiger partial charge on any atom is 0.129 e. The number of aromatic nitrogens is 3. The number of ether oxygens (including phenoxy) is 1. The van der Waals surface area contributed by atoms with Crippen molar-refractivity contribution < 1.29 is 4.74 Å². The second kappa shape index (κ2) is 5.01. The first-order chi connectivity index (χ1) is 9.28. The zero-order valence-corrected chi connectivity index (χ0v) is 11.3. The highest BCUT2D eigenvalue weighted by Gasteiger charge is 2.24. The predicted molar refractivity (Wildman–Crippen MR) is 73.0 cm³/mol. The number of likely N-dealkylation sites (N-methyl/N-ethyl adjacent to an activating group) is 1. The lowest BCUT2D eigenvalue weighted by Crippen LogP contribution is -2.47. The Kier molecular flexibility index (Phi) is 3.21. The smallest absolute Gasteiger partial charge is 0.129 e. The van der Waals surface area contributed by atoms with Gasteiger partial charge in [-0.1, -0.05) is 0 Å². The quantitative estimate of drug-likeness (QED) is 0.836. The molecule has 3 heterocycles. The molecule has 19 heavy (non-hydrogen) atoms. The topological polar surface area (TPSA) is 43.2 Å². The van der Waals surface area contributed by atoms with E-state index in [1.54, 1.807) is 13.3 Å². The van der Waals surface area contributed by atoms with E-state index in [0.29, 0.717) is 6.04 Å². The summed E-state index contributed by atoms with van der Waals surface area (Å²) in [6.45, 7) is 2.13. The summed E-state index contributed by atoms with van der Waals surface area (Å²) in [5.41, 5.74) is 2.03. The minimum absolute atomic E-state index is 0.614. The highest BCUT2D eigenvalue weighted by Crippen LogP contribution is 2.28. The predicted octanol–water partition coefficient (Wildman–Crippen LogP) is 1.66. The fourth-order valence-electron chi connectivity index (χ4n) is 2.40. The SMILES string of the molecule is COc1ccncc1-c1cnn(CC2CCN2C)c1. The van der Waals surface area contributed by atoms with Crippen molar-refractivity contribution in [3.8, 4) is 16.9 Å². The molecule has 0 aliphatic carbocycles. The van der Waals surface area contributed by atoms with Crippen molar-refractivity contribution >= 4 is 0 Å². The number of likely N-dealkylation sites (tertiary alicyclic amines) is 1. The normalized spacial score (nSPS) is 19.2. The molecule has 1 aliphatic heterocycles. The largest absolute Gasteiger partial charge is 0.496 e. The van der Waals surface area contributed by atoms with Gasteiger partial charge in [-0.3, -0.25) is 9.67 Å². The average Bonchev–Trinajstić information content (AvgIpc) is 2.91. The Balaban J connectivity index is 1.80. The van der Waals surface area contributed by atoms with Crippen LogP contribution in [0.25, 0.3) is 11.1 Å². The van der Waals surface area contributed by atoms with Crippen molar-refractivity contribution in [2.24, 2.45) is 0 Å². The molecule has 3 rings (SSSR count). The van der Waals surface area contributed by atoms with Crippen LogP contribution in [0.4, 0.5) is 0 Å². The van der Waals surface area contributed by atoms with E-state index in [1.807, 2.05) is 23.1 Å². The van der Waals surface area contributed by atoms with Gasteiger partial charge in [0.25, 0.3) is 0 Å². The number of hydrogen-bond acceptors (Lipinski definition) is 4. The zero-order valence-electron chi connectivity index (χ0n) is 11.3. The Morgan fingerprint density at radius 1 is 1.42 bits per heavy atom. The third kappa shape index (κ3) is 2.33. The first-order valence-electron chi connectivity index (χ1n) is 6.49. The number of methoxy groups -OCH3 is 1. The molecule has 0 spiro atoms. The third-order valence-corrected chi connectivity index (χ3v) is 3.78. The van der Waals surface area contributed by atoms with Crippen LogP contribution in [0.5, 0.6) is 5.75 Å². The molecule has 1 unspecified atom stereocenters. The molecule has 0 aromatic carbocycles. The lowest BCUT2D eigenvalue weighted by molar-refractivity contribution is 0.107. The molecule has 0 N–H and O–H groups in total. The highest BCUT2D eigenvalue weighted by atomic mass is 16.5. The van der Waals surface area contributed by atoms with Crippen LogP contribution in [0.3, 0.4) is 0 Å². The van der Waals surface area contributed by atoms with Gasteiger partial charge >= 0.3 is 0 Å². The van der Waals surface area contributed by atoms with Gasteiger partial charge in [-0.25, -0.2) is 0 Å². The Bertz CT molecular complexity index is 566. The Morgan fingerprint density at radius 3 is 3.00 bits per heavy atom. The van der Waals surface area contributed by atoms with Crippen LogP contribution in [0, 0.1) is 0 Å². The van der Waals surface area contributed by atoms with E-state index in [4.69, 9.17) is 4.74 Å². The molecule has 0 radical (unpaired) electrons. The number of nitrogens with zero attached hydrogens (tertiary/aromatic N) is 4. The summed E-state index contributed by atoms with van der Waals surface area (Å²) in [6, 6.07) is 2.48. The van der Waals surface area contributed by atoms with Crippen molar-refractivity contribution in [3.05, 3.63) is 30.9 Å². The molecular weight excluding hydrogens is 240 g/mol. The van der Waals surface area contributed by atoms with Gasteiger partial charge in [-0.2, -0.15) is 5.10 Å². The fourth-order valence-corrected chi connectivity index (χ4v) is 2.40. The van der Waals surface area contributed by atoms with E-state index < -0.39 is 0 Å². The second-order valence-corrected chi connectivity index (χ2v) is 4.95. The van der Waals surface area contributed by atoms with E-state index in [2.05, 4.69) is 28.2 Å². The standard InChI is InChI=1S/C14H18N4O/c1-17-6-4-12(17)10-18-9-11(7-16-18)13-8-15-5-3-14(13)19-2/h3,5,7-9,12H,4,6,10H2,1-2H3. The van der Waals surface area contributed by atoms with Crippen molar-refractivity contribution in [1.29, 1.82) is 0 Å². The molecule has 0 saturated carbocycles. The van der Waals surface area contributed by atoms with Gasteiger partial charge in [-0.05, 0) is 26.1 Å². The Labute approximate surface area is 112 Å². The van der Waals surface area contributed by atoms with Crippen molar-refractivity contribution in [3.63, 3.8) is 0 Å². The second-order valence-electron chi connectivity index (χ2n) is 4.95. The minimum atomic E-state index is 0.614. The Hall–Kier alpha value is -1.88. The summed E-state index contributed by atoms with van der Waals surface area (Å²) >= 11 is 0. The number of rotatable bonds is 4. The van der Waals surface area contributed by atoms with Gasteiger partial charge in [0.15, 0.2) is 0 Å². The number of hydrogen-bond donors (Lipinski definition) is 0. The summed E-state index contributed by atoms with van der Waals surface area (Å²) in [6.07, 6.45) is 8.73. The minimum Gasteiger partial charge on any atom is -0.496 e. The van der Waals surface area contributed by atoms with Crippen LogP contribution >= 0.6 is 0 Å². The van der Waals surface area contributed by atoms with Crippen molar-refractivity contribution in [2.75, 3.05) is 20.7 Å². The van der Waals surface area contributed by atoms with Crippen LogP contribution in [0.2, 0.25) is 0 Å². The molecule has 0 amide bonds. The van der Waals surface area contributed by atoms with Gasteiger partial charge in [0, 0.05) is 35.8 Å². The maximum absolute atomic E-state index is 5.35. The van der Waals surface area contributed by atoms with Crippen LogP contribution in [-0.2, 0) is 6.54 Å². The molecule has 1 saturated heterocycles. The van der Waals surface area contributed by atoms with Crippen molar-refractivity contribution in [1.82, 2.24) is 19.7 Å². The summed E-state index contributed by atoms with van der Waals surface area (Å²) in [5.74, 6) is 0.829. The lowest BCUT2D eigenvalue weighted by atomic mass is 10.1. The molecule has 100 valence electrons. The van der Waals surface area contributed by atoms with E-state index in [1.165, 1.54) is 13.0 Å². The van der Waals surface area contributed by atoms with Crippen LogP contribution in [0.1, 0.15) is 6.42 Å². The van der Waals surface area contributed by atoms with E-state index in [9.17, 15) is 0 Å². The van der Waals surface area contributed by atoms with Gasteiger partial charge in [0.05, 0.1) is 19.9 Å². The van der Waals surface area contributed by atoms with Crippen LogP contribution in [-0.4, -0.2) is 46.4 Å². The fraction of sp³-hybridized carbons (Fsp3) is 0.429. The van der Waals surface area contributed by atoms with Gasteiger partial charge in [-0.15, -0.1) is 0 Å². The molecule has 1 fully saturated rings. The summed E-state index contributed by atoms with van der Waals surface area (Å²) in [4.78, 5) is 6.51. The first-order valence-corrected chi connectivity index (χ1v) is 6.49. The molecule has 5 heteroatoms.